The largest absolute Gasteiger partial charge is 0.352 e. The van der Waals surface area contributed by atoms with Gasteiger partial charge in [0.1, 0.15) is 0 Å². The van der Waals surface area contributed by atoms with E-state index in [1.165, 1.54) is 0 Å². The van der Waals surface area contributed by atoms with E-state index in [1.807, 2.05) is 90.0 Å². The minimum absolute atomic E-state index is 0.141. The van der Waals surface area contributed by atoms with Gasteiger partial charge in [-0.1, -0.05) is 60.7 Å². The van der Waals surface area contributed by atoms with Crippen LogP contribution in [0.25, 0.3) is 5.82 Å². The first-order valence-corrected chi connectivity index (χ1v) is 10.8. The van der Waals surface area contributed by atoms with Crippen LogP contribution >= 0.6 is 0 Å². The Labute approximate surface area is 186 Å². The third kappa shape index (κ3) is 4.09. The molecule has 2 aromatic carbocycles. The van der Waals surface area contributed by atoms with Crippen molar-refractivity contribution in [2.75, 3.05) is 31.1 Å². The summed E-state index contributed by atoms with van der Waals surface area (Å²) in [6, 6.07) is 25.8. The summed E-state index contributed by atoms with van der Waals surface area (Å²) in [5.74, 6) is 1.34. The summed E-state index contributed by atoms with van der Waals surface area (Å²) in [4.78, 5) is 17.7. The van der Waals surface area contributed by atoms with Gasteiger partial charge in [0, 0.05) is 38.6 Å². The van der Waals surface area contributed by atoms with Gasteiger partial charge >= 0.3 is 0 Å². The monoisotopic (exact) mass is 424 g/mol. The van der Waals surface area contributed by atoms with Gasteiger partial charge < -0.3 is 9.80 Å². The molecular weight excluding hydrogens is 400 g/mol. The molecule has 160 valence electrons. The number of amides is 1. The van der Waals surface area contributed by atoms with Crippen LogP contribution in [0, 0.1) is 0 Å². The van der Waals surface area contributed by atoms with Gasteiger partial charge in [-0.3, -0.25) is 4.79 Å². The van der Waals surface area contributed by atoms with Crippen LogP contribution < -0.4 is 4.90 Å². The van der Waals surface area contributed by atoms with Gasteiger partial charge in [0.15, 0.2) is 11.6 Å². The summed E-state index contributed by atoms with van der Waals surface area (Å²) < 4.78 is 1.68. The molecule has 0 saturated carbocycles. The fourth-order valence-corrected chi connectivity index (χ4v) is 4.12. The second kappa shape index (κ2) is 9.01. The van der Waals surface area contributed by atoms with E-state index < -0.39 is 0 Å². The highest BCUT2D eigenvalue weighted by Gasteiger charge is 2.30. The van der Waals surface area contributed by atoms with Gasteiger partial charge in [-0.25, -0.2) is 4.68 Å². The number of carbonyl (C=O) groups is 1. The fraction of sp³-hybridized carbons (Fsp3) is 0.200. The Morgan fingerprint density at radius 1 is 0.719 bits per heavy atom. The van der Waals surface area contributed by atoms with Crippen molar-refractivity contribution < 1.29 is 4.79 Å². The van der Waals surface area contributed by atoms with E-state index in [9.17, 15) is 4.79 Å². The van der Waals surface area contributed by atoms with Crippen LogP contribution in [0.1, 0.15) is 17.0 Å². The summed E-state index contributed by atoms with van der Waals surface area (Å²) in [6.07, 6.45) is 3.55. The second-order valence-electron chi connectivity index (χ2n) is 7.77. The minimum Gasteiger partial charge on any atom is -0.352 e. The van der Waals surface area contributed by atoms with Crippen molar-refractivity contribution in [2.24, 2.45) is 0 Å². The lowest BCUT2D eigenvalue weighted by Gasteiger charge is -2.37. The molecule has 0 atom stereocenters. The molecule has 1 amide bonds. The van der Waals surface area contributed by atoms with E-state index >= 15 is 0 Å². The van der Waals surface area contributed by atoms with Crippen LogP contribution in [0.3, 0.4) is 0 Å². The van der Waals surface area contributed by atoms with Crippen LogP contribution in [-0.2, 0) is 4.79 Å². The average molecular weight is 425 g/mol. The molecule has 1 saturated heterocycles. The molecule has 0 aliphatic carbocycles. The average Bonchev–Trinajstić information content (AvgIpc) is 3.41. The Morgan fingerprint density at radius 3 is 1.84 bits per heavy atom. The number of hydrogen-bond acceptors (Lipinski definition) is 5. The van der Waals surface area contributed by atoms with Crippen LogP contribution in [0.5, 0.6) is 0 Å². The lowest BCUT2D eigenvalue weighted by atomic mass is 9.90. The van der Waals surface area contributed by atoms with E-state index in [0.717, 1.165) is 30.0 Å². The van der Waals surface area contributed by atoms with Crippen LogP contribution in [0.15, 0.2) is 91.3 Å². The molecule has 2 aromatic heterocycles. The quantitative estimate of drug-likeness (QED) is 0.492. The zero-order chi connectivity index (χ0) is 21.8. The molecule has 1 aliphatic heterocycles. The summed E-state index contributed by atoms with van der Waals surface area (Å²) in [5, 5.41) is 12.8. The molecule has 5 rings (SSSR count). The van der Waals surface area contributed by atoms with Crippen LogP contribution in [0.2, 0.25) is 0 Å². The molecule has 7 heteroatoms. The van der Waals surface area contributed by atoms with E-state index in [0.29, 0.717) is 18.9 Å². The summed E-state index contributed by atoms with van der Waals surface area (Å²) >= 11 is 0. The van der Waals surface area contributed by atoms with Crippen molar-refractivity contribution in [3.05, 3.63) is 102 Å². The van der Waals surface area contributed by atoms with Crippen molar-refractivity contribution in [1.29, 1.82) is 0 Å². The SMILES string of the molecule is O=C(C(c1ccccc1)c1ccccc1)N1CCN(c2ccc(-n3cccn3)nn2)CC1. The van der Waals surface area contributed by atoms with Crippen molar-refractivity contribution in [2.45, 2.75) is 5.92 Å². The lowest BCUT2D eigenvalue weighted by molar-refractivity contribution is -0.132. The minimum atomic E-state index is -0.294. The second-order valence-corrected chi connectivity index (χ2v) is 7.77. The Kier molecular flexibility index (Phi) is 5.61. The van der Waals surface area contributed by atoms with Crippen molar-refractivity contribution in [3.8, 4) is 5.82 Å². The lowest BCUT2D eigenvalue weighted by Crippen LogP contribution is -2.50. The number of aromatic nitrogens is 4. The Hall–Kier alpha value is -4.00. The molecule has 0 bridgehead atoms. The van der Waals surface area contributed by atoms with Crippen molar-refractivity contribution in [1.82, 2.24) is 24.9 Å². The fourth-order valence-electron chi connectivity index (χ4n) is 4.12. The van der Waals surface area contributed by atoms with E-state index in [-0.39, 0.29) is 11.8 Å². The number of benzene rings is 2. The van der Waals surface area contributed by atoms with E-state index in [4.69, 9.17) is 0 Å². The zero-order valence-electron chi connectivity index (χ0n) is 17.7. The third-order valence-corrected chi connectivity index (χ3v) is 5.80. The summed E-state index contributed by atoms with van der Waals surface area (Å²) in [7, 11) is 0. The Balaban J connectivity index is 1.29. The molecule has 1 fully saturated rings. The molecule has 4 aromatic rings. The third-order valence-electron chi connectivity index (χ3n) is 5.80. The van der Waals surface area contributed by atoms with Crippen LogP contribution in [-0.4, -0.2) is 57.0 Å². The van der Waals surface area contributed by atoms with Crippen LogP contribution in [0.4, 0.5) is 5.82 Å². The number of carbonyl (C=O) groups excluding carboxylic acids is 1. The predicted octanol–water partition coefficient (Wildman–Crippen LogP) is 3.14. The van der Waals surface area contributed by atoms with E-state index in [1.54, 1.807) is 10.9 Å². The molecule has 0 radical (unpaired) electrons. The summed E-state index contributed by atoms with van der Waals surface area (Å²) in [6.45, 7) is 2.74. The molecule has 0 unspecified atom stereocenters. The maximum Gasteiger partial charge on any atom is 0.234 e. The zero-order valence-corrected chi connectivity index (χ0v) is 17.7. The molecule has 1 aliphatic rings. The first-order chi connectivity index (χ1) is 15.8. The van der Waals surface area contributed by atoms with E-state index in [2.05, 4.69) is 20.2 Å². The van der Waals surface area contributed by atoms with Gasteiger partial charge in [-0.15, -0.1) is 10.2 Å². The standard InChI is InChI=1S/C25H24N6O/c32-25(24(20-8-3-1-4-9-20)21-10-5-2-6-11-21)30-18-16-29(17-19-30)22-12-13-23(28-27-22)31-15-7-14-26-31/h1-15,24H,16-19H2. The molecule has 7 nitrogen and oxygen atoms in total. The highest BCUT2D eigenvalue weighted by atomic mass is 16.2. The van der Waals surface area contributed by atoms with Crippen molar-refractivity contribution in [3.63, 3.8) is 0 Å². The van der Waals surface area contributed by atoms with Gasteiger partial charge in [-0.2, -0.15) is 5.10 Å². The summed E-state index contributed by atoms with van der Waals surface area (Å²) in [5.41, 5.74) is 2.04. The number of rotatable bonds is 5. The van der Waals surface area contributed by atoms with Gasteiger partial charge in [-0.05, 0) is 29.3 Å². The normalized spacial score (nSPS) is 14.0. The highest BCUT2D eigenvalue weighted by molar-refractivity contribution is 5.87. The maximum absolute atomic E-state index is 13.6. The highest BCUT2D eigenvalue weighted by Crippen LogP contribution is 2.27. The molecule has 32 heavy (non-hydrogen) atoms. The molecule has 0 N–H and O–H groups in total. The van der Waals surface area contributed by atoms with Gasteiger partial charge in [0.05, 0.1) is 5.92 Å². The number of piperazine rings is 1. The molecular formula is C25H24N6O. The number of hydrogen-bond donors (Lipinski definition) is 0. The molecule has 0 spiro atoms. The van der Waals surface area contributed by atoms with Gasteiger partial charge in [0.25, 0.3) is 0 Å². The predicted molar refractivity (Wildman–Crippen MR) is 123 cm³/mol. The van der Waals surface area contributed by atoms with Crippen molar-refractivity contribution >= 4 is 11.7 Å². The molecule has 3 heterocycles. The number of anilines is 1. The number of nitrogens with zero attached hydrogens (tertiary/aromatic N) is 6. The maximum atomic E-state index is 13.6. The Bertz CT molecular complexity index is 1100. The smallest absolute Gasteiger partial charge is 0.234 e. The first-order valence-electron chi connectivity index (χ1n) is 10.8. The topological polar surface area (TPSA) is 67.2 Å². The Morgan fingerprint density at radius 2 is 1.31 bits per heavy atom. The first kappa shape index (κ1) is 19.9. The van der Waals surface area contributed by atoms with Gasteiger partial charge in [0.2, 0.25) is 5.91 Å².